The quantitative estimate of drug-likeness (QED) is 0.943. The van der Waals surface area contributed by atoms with Crippen LogP contribution < -0.4 is 0 Å². The summed E-state index contributed by atoms with van der Waals surface area (Å²) in [6, 6.07) is 5.24. The van der Waals surface area contributed by atoms with Crippen molar-refractivity contribution in [1.82, 2.24) is 4.57 Å². The van der Waals surface area contributed by atoms with E-state index in [0.717, 1.165) is 29.4 Å². The predicted molar refractivity (Wildman–Crippen MR) is 80.8 cm³/mol. The van der Waals surface area contributed by atoms with E-state index >= 15 is 0 Å². The molecule has 0 amide bonds. The average Bonchev–Trinajstić information content (AvgIpc) is 2.71. The van der Waals surface area contributed by atoms with Gasteiger partial charge in [-0.1, -0.05) is 13.8 Å². The largest absolute Gasteiger partial charge is 0.478 e. The summed E-state index contributed by atoms with van der Waals surface area (Å²) in [6.45, 7) is 5.22. The van der Waals surface area contributed by atoms with E-state index in [4.69, 9.17) is 0 Å². The molecule has 0 bridgehead atoms. The third-order valence-electron chi connectivity index (χ3n) is 4.10. The zero-order valence-corrected chi connectivity index (χ0v) is 12.3. The van der Waals surface area contributed by atoms with Crippen LogP contribution in [0.25, 0.3) is 10.9 Å². The number of carboxylic acid groups (broad SMARTS) is 1. The van der Waals surface area contributed by atoms with Crippen LogP contribution in [0.1, 0.15) is 41.9 Å². The predicted octanol–water partition coefficient (Wildman–Crippen LogP) is 3.05. The van der Waals surface area contributed by atoms with Crippen molar-refractivity contribution in [2.75, 3.05) is 0 Å². The lowest BCUT2D eigenvalue weighted by Crippen LogP contribution is -2.16. The summed E-state index contributed by atoms with van der Waals surface area (Å²) in [5.41, 5.74) is 3.57. The third kappa shape index (κ3) is 2.35. The molecule has 21 heavy (non-hydrogen) atoms. The number of carbonyl (C=O) groups is 2. The molecule has 0 radical (unpaired) electrons. The number of carbonyl (C=O) groups excluding carboxylic acids is 1. The second-order valence-corrected chi connectivity index (χ2v) is 6.18. The maximum absolute atomic E-state index is 11.8. The highest BCUT2D eigenvalue weighted by Gasteiger charge is 2.24. The summed E-state index contributed by atoms with van der Waals surface area (Å²) in [5.74, 6) is -0.183. The Kier molecular flexibility index (Phi) is 3.32. The number of aromatic carboxylic acids is 1. The molecule has 0 aliphatic heterocycles. The van der Waals surface area contributed by atoms with Gasteiger partial charge in [0.05, 0.1) is 5.56 Å². The van der Waals surface area contributed by atoms with E-state index in [9.17, 15) is 14.7 Å². The number of carboxylic acids is 1. The maximum Gasteiger partial charge on any atom is 0.335 e. The van der Waals surface area contributed by atoms with Gasteiger partial charge in [-0.15, -0.1) is 0 Å². The first-order valence-electron chi connectivity index (χ1n) is 7.36. The van der Waals surface area contributed by atoms with Crippen LogP contribution in [-0.2, 0) is 24.2 Å². The van der Waals surface area contributed by atoms with Gasteiger partial charge in [0.2, 0.25) is 0 Å². The molecule has 1 heterocycles. The zero-order chi connectivity index (χ0) is 15.1. The molecule has 4 heteroatoms. The summed E-state index contributed by atoms with van der Waals surface area (Å²) in [5, 5.41) is 10.1. The van der Waals surface area contributed by atoms with Gasteiger partial charge in [0, 0.05) is 36.0 Å². The Labute approximate surface area is 123 Å². The Morgan fingerprint density at radius 3 is 2.76 bits per heavy atom. The third-order valence-corrected chi connectivity index (χ3v) is 4.10. The van der Waals surface area contributed by atoms with E-state index in [-0.39, 0.29) is 11.3 Å². The highest BCUT2D eigenvalue weighted by atomic mass is 16.4. The molecule has 0 saturated heterocycles. The average molecular weight is 285 g/mol. The highest BCUT2D eigenvalue weighted by molar-refractivity contribution is 5.98. The van der Waals surface area contributed by atoms with Crippen LogP contribution in [0, 0.1) is 5.92 Å². The summed E-state index contributed by atoms with van der Waals surface area (Å²) < 4.78 is 2.27. The monoisotopic (exact) mass is 285 g/mol. The number of hydrogen-bond acceptors (Lipinski definition) is 2. The van der Waals surface area contributed by atoms with Crippen LogP contribution >= 0.6 is 0 Å². The van der Waals surface area contributed by atoms with Crippen molar-refractivity contribution in [3.63, 3.8) is 0 Å². The Morgan fingerprint density at radius 1 is 1.33 bits per heavy atom. The van der Waals surface area contributed by atoms with Crippen LogP contribution in [0.5, 0.6) is 0 Å². The van der Waals surface area contributed by atoms with Crippen molar-refractivity contribution in [2.24, 2.45) is 5.92 Å². The summed E-state index contributed by atoms with van der Waals surface area (Å²) in [4.78, 5) is 23.0. The SMILES string of the molecule is CC(C)Cn1c2c(c3cc(C(=O)O)ccc31)CC(=O)CC2. The van der Waals surface area contributed by atoms with Gasteiger partial charge in [-0.25, -0.2) is 4.79 Å². The minimum Gasteiger partial charge on any atom is -0.478 e. The minimum absolute atomic E-state index is 0.242. The van der Waals surface area contributed by atoms with Gasteiger partial charge >= 0.3 is 5.97 Å². The number of aromatic nitrogens is 1. The molecule has 0 atom stereocenters. The van der Waals surface area contributed by atoms with Crippen LogP contribution in [0.15, 0.2) is 18.2 Å². The molecule has 110 valence electrons. The van der Waals surface area contributed by atoms with Crippen LogP contribution in [0.3, 0.4) is 0 Å². The number of fused-ring (bicyclic) bond motifs is 3. The lowest BCUT2D eigenvalue weighted by atomic mass is 9.94. The molecule has 1 aliphatic rings. The first-order chi connectivity index (χ1) is 9.97. The van der Waals surface area contributed by atoms with Crippen LogP contribution in [0.4, 0.5) is 0 Å². The fourth-order valence-corrected chi connectivity index (χ4v) is 3.21. The van der Waals surface area contributed by atoms with E-state index < -0.39 is 5.97 Å². The second kappa shape index (κ2) is 5.02. The molecule has 3 rings (SSSR count). The number of nitrogens with zero attached hydrogens (tertiary/aromatic N) is 1. The normalized spacial score (nSPS) is 14.7. The van der Waals surface area contributed by atoms with Crippen molar-refractivity contribution >= 4 is 22.7 Å². The highest BCUT2D eigenvalue weighted by Crippen LogP contribution is 2.32. The zero-order valence-electron chi connectivity index (χ0n) is 12.3. The number of ketones is 1. The standard InChI is InChI=1S/C17H19NO3/c1-10(2)9-18-15-5-3-11(17(20)21)7-13(15)14-8-12(19)4-6-16(14)18/h3,5,7,10H,4,6,8-9H2,1-2H3,(H,20,21). The summed E-state index contributed by atoms with van der Waals surface area (Å²) in [7, 11) is 0. The van der Waals surface area contributed by atoms with E-state index in [1.807, 2.05) is 6.07 Å². The Balaban J connectivity index is 2.26. The van der Waals surface area contributed by atoms with Gasteiger partial charge < -0.3 is 9.67 Å². The molecule has 0 fully saturated rings. The van der Waals surface area contributed by atoms with Crippen molar-refractivity contribution < 1.29 is 14.7 Å². The number of hydrogen-bond donors (Lipinski definition) is 1. The van der Waals surface area contributed by atoms with Gasteiger partial charge in [0.1, 0.15) is 5.78 Å². The molecule has 1 aromatic carbocycles. The maximum atomic E-state index is 11.8. The van der Waals surface area contributed by atoms with Crippen LogP contribution in [0.2, 0.25) is 0 Å². The topological polar surface area (TPSA) is 59.3 Å². The molecular weight excluding hydrogens is 266 g/mol. The molecule has 1 aliphatic carbocycles. The van der Waals surface area contributed by atoms with Crippen molar-refractivity contribution in [3.8, 4) is 0 Å². The number of benzene rings is 1. The van der Waals surface area contributed by atoms with E-state index in [0.29, 0.717) is 18.8 Å². The Morgan fingerprint density at radius 2 is 2.10 bits per heavy atom. The van der Waals surface area contributed by atoms with Crippen molar-refractivity contribution in [3.05, 3.63) is 35.0 Å². The molecule has 2 aromatic rings. The molecule has 1 N–H and O–H groups in total. The lowest BCUT2D eigenvalue weighted by Gasteiger charge is -2.17. The van der Waals surface area contributed by atoms with Gasteiger partial charge in [-0.3, -0.25) is 4.79 Å². The molecule has 0 spiro atoms. The fourth-order valence-electron chi connectivity index (χ4n) is 3.21. The minimum atomic E-state index is -0.926. The van der Waals surface area contributed by atoms with Crippen molar-refractivity contribution in [1.29, 1.82) is 0 Å². The van der Waals surface area contributed by atoms with Crippen molar-refractivity contribution in [2.45, 2.75) is 39.7 Å². The van der Waals surface area contributed by atoms with E-state index in [1.165, 1.54) is 5.69 Å². The van der Waals surface area contributed by atoms with Gasteiger partial charge in [-0.2, -0.15) is 0 Å². The van der Waals surface area contributed by atoms with E-state index in [2.05, 4.69) is 18.4 Å². The molecule has 0 unspecified atom stereocenters. The molecular formula is C17H19NO3. The smallest absolute Gasteiger partial charge is 0.335 e. The Hall–Kier alpha value is -2.10. The summed E-state index contributed by atoms with van der Waals surface area (Å²) in [6.07, 6.45) is 1.78. The fraction of sp³-hybridized carbons (Fsp3) is 0.412. The summed E-state index contributed by atoms with van der Waals surface area (Å²) >= 11 is 0. The van der Waals surface area contributed by atoms with E-state index in [1.54, 1.807) is 12.1 Å². The van der Waals surface area contributed by atoms with Crippen LogP contribution in [-0.4, -0.2) is 21.4 Å². The second-order valence-electron chi connectivity index (χ2n) is 6.18. The first kappa shape index (κ1) is 13.9. The molecule has 4 nitrogen and oxygen atoms in total. The first-order valence-corrected chi connectivity index (χ1v) is 7.36. The molecule has 0 saturated carbocycles. The number of rotatable bonds is 3. The molecule has 1 aromatic heterocycles. The van der Waals surface area contributed by atoms with Gasteiger partial charge in [0.15, 0.2) is 0 Å². The lowest BCUT2D eigenvalue weighted by molar-refractivity contribution is -0.118. The van der Waals surface area contributed by atoms with Gasteiger partial charge in [-0.05, 0) is 36.1 Å². The Bertz CT molecular complexity index is 740. The van der Waals surface area contributed by atoms with Gasteiger partial charge in [0.25, 0.3) is 0 Å². The number of Topliss-reactive ketones (excluding diaryl/α,β-unsaturated/α-hetero) is 1.